The predicted octanol–water partition coefficient (Wildman–Crippen LogP) is 5.43. The number of aliphatic hydroxyl groups is 1. The summed E-state index contributed by atoms with van der Waals surface area (Å²) in [5.74, 6) is -0.400. The Balaban J connectivity index is 1.63. The Morgan fingerprint density at radius 2 is 1.91 bits per heavy atom. The number of hydrogen-bond acceptors (Lipinski definition) is 4. The van der Waals surface area contributed by atoms with Crippen molar-refractivity contribution in [3.05, 3.63) is 82.5 Å². The zero-order valence-electron chi connectivity index (χ0n) is 17.4. The number of benzene rings is 2. The van der Waals surface area contributed by atoms with E-state index in [2.05, 4.69) is 15.2 Å². The van der Waals surface area contributed by atoms with Gasteiger partial charge < -0.3 is 5.11 Å². The third-order valence-electron chi connectivity index (χ3n) is 5.32. The van der Waals surface area contributed by atoms with E-state index in [4.69, 9.17) is 0 Å². The van der Waals surface area contributed by atoms with Crippen LogP contribution in [-0.2, 0) is 12.6 Å². The highest BCUT2D eigenvalue weighted by molar-refractivity contribution is 5.97. The highest BCUT2D eigenvalue weighted by Crippen LogP contribution is 2.30. The Hall–Kier alpha value is -3.52. The van der Waals surface area contributed by atoms with E-state index >= 15 is 0 Å². The molecule has 0 aliphatic rings. The van der Waals surface area contributed by atoms with Gasteiger partial charge in [-0.05, 0) is 55.3 Å². The second-order valence-corrected chi connectivity index (χ2v) is 7.71. The molecule has 2 aromatic heterocycles. The van der Waals surface area contributed by atoms with Crippen LogP contribution in [0.1, 0.15) is 45.8 Å². The molecule has 2 N–H and O–H groups in total. The van der Waals surface area contributed by atoms with Gasteiger partial charge in [-0.15, -0.1) is 0 Å². The van der Waals surface area contributed by atoms with Crippen molar-refractivity contribution in [3.63, 3.8) is 0 Å². The number of halogens is 3. The molecule has 0 amide bonds. The number of carbonyl (C=O) groups excluding carboxylic acids is 1. The van der Waals surface area contributed by atoms with E-state index in [1.807, 2.05) is 31.2 Å². The summed E-state index contributed by atoms with van der Waals surface area (Å²) >= 11 is 0. The SMILES string of the molecule is Cc1ccc(CC(=O)c2cccc(C(F)(F)F)c2)cc1-c1ccc2c(C(C)O)[nH]nc2n1. The summed E-state index contributed by atoms with van der Waals surface area (Å²) in [7, 11) is 0. The van der Waals surface area contributed by atoms with E-state index in [9.17, 15) is 23.1 Å². The number of ketones is 1. The minimum atomic E-state index is -4.50. The van der Waals surface area contributed by atoms with Crippen molar-refractivity contribution in [3.8, 4) is 11.3 Å². The van der Waals surface area contributed by atoms with Gasteiger partial charge in [0.2, 0.25) is 0 Å². The molecule has 2 aromatic carbocycles. The monoisotopic (exact) mass is 439 g/mol. The molecule has 164 valence electrons. The second kappa shape index (κ2) is 8.20. The van der Waals surface area contributed by atoms with E-state index in [0.29, 0.717) is 22.6 Å². The van der Waals surface area contributed by atoms with E-state index in [0.717, 1.165) is 28.6 Å². The van der Waals surface area contributed by atoms with Gasteiger partial charge in [0, 0.05) is 22.9 Å². The Morgan fingerprint density at radius 1 is 1.12 bits per heavy atom. The van der Waals surface area contributed by atoms with Gasteiger partial charge in [-0.2, -0.15) is 18.3 Å². The summed E-state index contributed by atoms with van der Waals surface area (Å²) < 4.78 is 38.9. The topological polar surface area (TPSA) is 78.9 Å². The van der Waals surface area contributed by atoms with Crippen molar-refractivity contribution in [2.75, 3.05) is 0 Å². The summed E-state index contributed by atoms with van der Waals surface area (Å²) in [6.07, 6.45) is -5.25. The molecule has 0 fully saturated rings. The molecule has 32 heavy (non-hydrogen) atoms. The summed E-state index contributed by atoms with van der Waals surface area (Å²) in [5.41, 5.74) is 3.25. The Morgan fingerprint density at radius 3 is 2.62 bits per heavy atom. The fraction of sp³-hybridized carbons (Fsp3) is 0.208. The van der Waals surface area contributed by atoms with E-state index < -0.39 is 23.6 Å². The van der Waals surface area contributed by atoms with Crippen LogP contribution in [0.25, 0.3) is 22.3 Å². The van der Waals surface area contributed by atoms with E-state index in [1.54, 1.807) is 13.0 Å². The third kappa shape index (κ3) is 4.27. The molecule has 4 rings (SSSR count). The van der Waals surface area contributed by atoms with Gasteiger partial charge >= 0.3 is 6.18 Å². The number of alkyl halides is 3. The lowest BCUT2D eigenvalue weighted by molar-refractivity contribution is -0.137. The van der Waals surface area contributed by atoms with Gasteiger partial charge in [0.15, 0.2) is 11.4 Å². The van der Waals surface area contributed by atoms with Crippen LogP contribution in [0.15, 0.2) is 54.6 Å². The van der Waals surface area contributed by atoms with Crippen LogP contribution in [0.3, 0.4) is 0 Å². The van der Waals surface area contributed by atoms with Gasteiger partial charge in [0.05, 0.1) is 23.1 Å². The smallest absolute Gasteiger partial charge is 0.387 e. The third-order valence-corrected chi connectivity index (χ3v) is 5.32. The molecule has 1 unspecified atom stereocenters. The molecule has 1 atom stereocenters. The summed E-state index contributed by atoms with van der Waals surface area (Å²) in [4.78, 5) is 17.2. The lowest BCUT2D eigenvalue weighted by Gasteiger charge is -2.10. The minimum absolute atomic E-state index is 0.0173. The van der Waals surface area contributed by atoms with Crippen molar-refractivity contribution in [1.82, 2.24) is 15.2 Å². The predicted molar refractivity (Wildman–Crippen MR) is 114 cm³/mol. The first-order valence-corrected chi connectivity index (χ1v) is 9.97. The number of aliphatic hydroxyl groups excluding tert-OH is 1. The van der Waals surface area contributed by atoms with Crippen molar-refractivity contribution in [1.29, 1.82) is 0 Å². The maximum atomic E-state index is 13.0. The molecule has 0 bridgehead atoms. The number of aromatic nitrogens is 3. The van der Waals surface area contributed by atoms with Crippen molar-refractivity contribution in [2.24, 2.45) is 0 Å². The molecule has 0 saturated heterocycles. The zero-order chi connectivity index (χ0) is 23.0. The maximum absolute atomic E-state index is 13.0. The lowest BCUT2D eigenvalue weighted by Crippen LogP contribution is -2.09. The van der Waals surface area contributed by atoms with Crippen LogP contribution >= 0.6 is 0 Å². The Bertz CT molecular complexity index is 1310. The number of nitrogens with one attached hydrogen (secondary N) is 1. The fourth-order valence-electron chi connectivity index (χ4n) is 3.60. The van der Waals surface area contributed by atoms with Crippen LogP contribution in [0, 0.1) is 6.92 Å². The number of aromatic amines is 1. The summed E-state index contributed by atoms with van der Waals surface area (Å²) in [6.45, 7) is 3.54. The number of rotatable bonds is 5. The molecule has 5 nitrogen and oxygen atoms in total. The first kappa shape index (κ1) is 21.7. The van der Waals surface area contributed by atoms with Gasteiger partial charge in [0.1, 0.15) is 0 Å². The largest absolute Gasteiger partial charge is 0.416 e. The molecule has 0 spiro atoms. The number of H-pyrrole nitrogens is 1. The van der Waals surface area contributed by atoms with Crippen molar-refractivity contribution >= 4 is 16.8 Å². The molecule has 0 saturated carbocycles. The number of fused-ring (bicyclic) bond motifs is 1. The molecule has 2 heterocycles. The second-order valence-electron chi connectivity index (χ2n) is 7.71. The highest BCUT2D eigenvalue weighted by atomic mass is 19.4. The first-order valence-electron chi connectivity index (χ1n) is 9.97. The molecule has 8 heteroatoms. The quantitative estimate of drug-likeness (QED) is 0.407. The molecule has 4 aromatic rings. The number of hydrogen-bond donors (Lipinski definition) is 2. The first-order chi connectivity index (χ1) is 15.1. The van der Waals surface area contributed by atoms with Crippen LogP contribution in [0.4, 0.5) is 13.2 Å². The zero-order valence-corrected chi connectivity index (χ0v) is 17.4. The number of aryl methyl sites for hydroxylation is 1. The molecule has 0 radical (unpaired) electrons. The van der Waals surface area contributed by atoms with Gasteiger partial charge in [-0.3, -0.25) is 9.89 Å². The van der Waals surface area contributed by atoms with Crippen LogP contribution in [0.5, 0.6) is 0 Å². The number of carbonyl (C=O) groups is 1. The van der Waals surface area contributed by atoms with Gasteiger partial charge in [-0.1, -0.05) is 24.3 Å². The molecular weight excluding hydrogens is 419 g/mol. The summed E-state index contributed by atoms with van der Waals surface area (Å²) in [5, 5.41) is 17.5. The number of pyridine rings is 1. The minimum Gasteiger partial charge on any atom is -0.387 e. The van der Waals surface area contributed by atoms with Crippen molar-refractivity contribution < 1.29 is 23.1 Å². The normalized spacial score (nSPS) is 12.8. The summed E-state index contributed by atoms with van der Waals surface area (Å²) in [6, 6.07) is 13.5. The fourth-order valence-corrected chi connectivity index (χ4v) is 3.60. The van der Waals surface area contributed by atoms with E-state index in [1.165, 1.54) is 12.1 Å². The van der Waals surface area contributed by atoms with Crippen LogP contribution in [-0.4, -0.2) is 26.1 Å². The average Bonchev–Trinajstić information content (AvgIpc) is 3.18. The van der Waals surface area contributed by atoms with Gasteiger partial charge in [-0.25, -0.2) is 4.98 Å². The average molecular weight is 439 g/mol. The van der Waals surface area contributed by atoms with Crippen molar-refractivity contribution in [2.45, 2.75) is 32.5 Å². The molecule has 0 aliphatic heterocycles. The number of Topliss-reactive ketones (excluding diaryl/α,β-unsaturated/α-hetero) is 1. The maximum Gasteiger partial charge on any atom is 0.416 e. The van der Waals surface area contributed by atoms with Crippen LogP contribution in [0.2, 0.25) is 0 Å². The lowest BCUT2D eigenvalue weighted by atomic mass is 9.96. The van der Waals surface area contributed by atoms with Crippen LogP contribution < -0.4 is 0 Å². The molecule has 0 aliphatic carbocycles. The standard InChI is InChI=1S/C24H20F3N3O2/c1-13-6-7-15(11-21(32)16-4-3-5-17(12-16)24(25,26)27)10-19(13)20-9-8-18-22(14(2)31)29-30-23(18)28-20/h3-10,12,14,31H,11H2,1-2H3,(H,28,29,30). The Kier molecular flexibility index (Phi) is 5.56. The Labute approximate surface area is 181 Å². The van der Waals surface area contributed by atoms with Gasteiger partial charge in [0.25, 0.3) is 0 Å². The molecular formula is C24H20F3N3O2. The van der Waals surface area contributed by atoms with E-state index in [-0.39, 0.29) is 12.0 Å². The number of nitrogens with zero attached hydrogens (tertiary/aromatic N) is 2. The highest BCUT2D eigenvalue weighted by Gasteiger charge is 2.30.